The number of nitrogens with one attached hydrogen (secondary N) is 1. The molecule has 21 heavy (non-hydrogen) atoms. The van der Waals surface area contributed by atoms with E-state index in [0.29, 0.717) is 11.4 Å². The third-order valence-electron chi connectivity index (χ3n) is 3.97. The van der Waals surface area contributed by atoms with Crippen LogP contribution in [0.25, 0.3) is 0 Å². The fourth-order valence-corrected chi connectivity index (χ4v) is 3.13. The lowest BCUT2D eigenvalue weighted by Crippen LogP contribution is -2.36. The zero-order valence-corrected chi connectivity index (χ0v) is 13.5. The first-order valence-corrected chi connectivity index (χ1v) is 8.25. The highest BCUT2D eigenvalue weighted by molar-refractivity contribution is 6.30. The Hall–Kier alpha value is -1.06. The lowest BCUT2D eigenvalue weighted by molar-refractivity contribution is -0.120. The van der Waals surface area contributed by atoms with Crippen LogP contribution in [0.3, 0.4) is 0 Å². The Balaban J connectivity index is 1.61. The van der Waals surface area contributed by atoms with Crippen molar-refractivity contribution in [3.8, 4) is 0 Å². The van der Waals surface area contributed by atoms with Crippen LogP contribution in [-0.2, 0) is 11.2 Å². The molecule has 1 aliphatic rings. The number of hydrogen-bond acceptors (Lipinski definition) is 2. The van der Waals surface area contributed by atoms with E-state index in [-0.39, 0.29) is 5.91 Å². The van der Waals surface area contributed by atoms with Gasteiger partial charge in [-0.15, -0.1) is 0 Å². The van der Waals surface area contributed by atoms with E-state index in [1.807, 2.05) is 24.3 Å². The van der Waals surface area contributed by atoms with Gasteiger partial charge in [-0.25, -0.2) is 0 Å². The van der Waals surface area contributed by atoms with Crippen molar-refractivity contribution in [1.29, 1.82) is 0 Å². The molecule has 1 aromatic carbocycles. The first kappa shape index (κ1) is 16.3. The molecule has 1 aliphatic heterocycles. The maximum Gasteiger partial charge on any atom is 0.224 e. The zero-order valence-electron chi connectivity index (χ0n) is 12.8. The molecule has 1 atom stereocenters. The minimum absolute atomic E-state index is 0.0734. The largest absolute Gasteiger partial charge is 0.356 e. The molecule has 0 saturated carbocycles. The summed E-state index contributed by atoms with van der Waals surface area (Å²) in [6, 6.07) is 7.47. The maximum absolute atomic E-state index is 11.9. The molecule has 1 saturated heterocycles. The molecule has 1 aromatic rings. The van der Waals surface area contributed by atoms with Crippen LogP contribution in [0.15, 0.2) is 24.3 Å². The molecule has 0 aliphatic carbocycles. The molecule has 0 spiro atoms. The Kier molecular flexibility index (Phi) is 6.52. The lowest BCUT2D eigenvalue weighted by Gasteiger charge is -2.30. The number of halogens is 1. The van der Waals surface area contributed by atoms with Gasteiger partial charge in [0, 0.05) is 18.1 Å². The number of amides is 1. The zero-order chi connectivity index (χ0) is 15.1. The van der Waals surface area contributed by atoms with Gasteiger partial charge in [-0.3, -0.25) is 4.79 Å². The van der Waals surface area contributed by atoms with Crippen LogP contribution in [0.5, 0.6) is 0 Å². The number of rotatable bonds is 6. The van der Waals surface area contributed by atoms with Gasteiger partial charge in [0.15, 0.2) is 0 Å². The molecular weight excluding hydrogens is 284 g/mol. The molecule has 1 fully saturated rings. The van der Waals surface area contributed by atoms with Crippen LogP contribution in [0.4, 0.5) is 0 Å². The molecule has 116 valence electrons. The number of benzene rings is 1. The number of hydrogen-bond donors (Lipinski definition) is 1. The van der Waals surface area contributed by atoms with Crippen LogP contribution < -0.4 is 5.32 Å². The van der Waals surface area contributed by atoms with E-state index in [1.165, 1.54) is 25.9 Å². The normalized spacial score (nSPS) is 19.4. The predicted molar refractivity (Wildman–Crippen MR) is 87.6 cm³/mol. The van der Waals surface area contributed by atoms with Crippen molar-refractivity contribution >= 4 is 17.5 Å². The second kappa shape index (κ2) is 8.40. The molecule has 0 radical (unpaired) electrons. The standard InChI is InChI=1S/C17H25ClN2O/c1-14-5-3-9-20(13-14)10-4-8-19-17(21)12-15-6-2-7-16(18)11-15/h2,6-7,11,14H,3-5,8-10,12-13H2,1H3,(H,19,21). The summed E-state index contributed by atoms with van der Waals surface area (Å²) in [7, 11) is 0. The smallest absolute Gasteiger partial charge is 0.224 e. The molecule has 1 unspecified atom stereocenters. The van der Waals surface area contributed by atoms with E-state index in [4.69, 9.17) is 11.6 Å². The number of nitrogens with zero attached hydrogens (tertiary/aromatic N) is 1. The van der Waals surface area contributed by atoms with Crippen LogP contribution in [-0.4, -0.2) is 37.0 Å². The van der Waals surface area contributed by atoms with Gasteiger partial charge in [-0.2, -0.15) is 0 Å². The second-order valence-electron chi connectivity index (χ2n) is 6.06. The average Bonchev–Trinajstić information content (AvgIpc) is 2.44. The molecule has 1 N–H and O–H groups in total. The minimum Gasteiger partial charge on any atom is -0.356 e. The van der Waals surface area contributed by atoms with Crippen molar-refractivity contribution < 1.29 is 4.79 Å². The fourth-order valence-electron chi connectivity index (χ4n) is 2.92. The molecular formula is C17H25ClN2O. The summed E-state index contributed by atoms with van der Waals surface area (Å²) < 4.78 is 0. The van der Waals surface area contributed by atoms with E-state index in [2.05, 4.69) is 17.1 Å². The van der Waals surface area contributed by atoms with Gasteiger partial charge in [0.1, 0.15) is 0 Å². The predicted octanol–water partition coefficient (Wildman–Crippen LogP) is 3.12. The topological polar surface area (TPSA) is 32.3 Å². The maximum atomic E-state index is 11.9. The first-order valence-electron chi connectivity index (χ1n) is 7.87. The lowest BCUT2D eigenvalue weighted by atomic mass is 10.0. The Labute approximate surface area is 132 Å². The van der Waals surface area contributed by atoms with E-state index in [0.717, 1.165) is 31.0 Å². The molecule has 4 heteroatoms. The van der Waals surface area contributed by atoms with Crippen LogP contribution in [0.1, 0.15) is 31.7 Å². The SMILES string of the molecule is CC1CCCN(CCCNC(=O)Cc2cccc(Cl)c2)C1. The van der Waals surface area contributed by atoms with Gasteiger partial charge in [0.25, 0.3) is 0 Å². The molecule has 3 nitrogen and oxygen atoms in total. The highest BCUT2D eigenvalue weighted by Gasteiger charge is 2.15. The van der Waals surface area contributed by atoms with Crippen molar-refractivity contribution in [3.05, 3.63) is 34.9 Å². The third kappa shape index (κ3) is 6.06. The van der Waals surface area contributed by atoms with Gasteiger partial charge >= 0.3 is 0 Å². The Morgan fingerprint density at radius 2 is 2.33 bits per heavy atom. The molecule has 2 rings (SSSR count). The summed E-state index contributed by atoms with van der Waals surface area (Å²) in [4.78, 5) is 14.4. The molecule has 1 heterocycles. The fraction of sp³-hybridized carbons (Fsp3) is 0.588. The van der Waals surface area contributed by atoms with Gasteiger partial charge < -0.3 is 10.2 Å². The monoisotopic (exact) mass is 308 g/mol. The number of carbonyl (C=O) groups excluding carboxylic acids is 1. The Morgan fingerprint density at radius 1 is 1.48 bits per heavy atom. The van der Waals surface area contributed by atoms with Crippen LogP contribution >= 0.6 is 11.6 Å². The third-order valence-corrected chi connectivity index (χ3v) is 4.20. The minimum atomic E-state index is 0.0734. The van der Waals surface area contributed by atoms with E-state index in [1.54, 1.807) is 0 Å². The van der Waals surface area contributed by atoms with Gasteiger partial charge in [0.05, 0.1) is 6.42 Å². The Bertz CT molecular complexity index is 464. The first-order chi connectivity index (χ1) is 10.1. The van der Waals surface area contributed by atoms with Gasteiger partial charge in [0.2, 0.25) is 5.91 Å². The second-order valence-corrected chi connectivity index (χ2v) is 6.49. The summed E-state index contributed by atoms with van der Waals surface area (Å²) in [5.41, 5.74) is 0.963. The van der Waals surface area contributed by atoms with Crippen LogP contribution in [0, 0.1) is 5.92 Å². The van der Waals surface area contributed by atoms with Crippen molar-refractivity contribution in [2.75, 3.05) is 26.2 Å². The summed E-state index contributed by atoms with van der Waals surface area (Å²) in [6.45, 7) is 6.57. The quantitative estimate of drug-likeness (QED) is 0.819. The van der Waals surface area contributed by atoms with E-state index in [9.17, 15) is 4.79 Å². The van der Waals surface area contributed by atoms with Crippen molar-refractivity contribution in [2.45, 2.75) is 32.6 Å². The average molecular weight is 309 g/mol. The molecule has 0 bridgehead atoms. The van der Waals surface area contributed by atoms with Gasteiger partial charge in [-0.1, -0.05) is 30.7 Å². The van der Waals surface area contributed by atoms with Crippen molar-refractivity contribution in [3.63, 3.8) is 0 Å². The summed E-state index contributed by atoms with van der Waals surface area (Å²) in [6.07, 6.45) is 4.09. The molecule has 0 aromatic heterocycles. The number of carbonyl (C=O) groups is 1. The Morgan fingerprint density at radius 3 is 3.10 bits per heavy atom. The van der Waals surface area contributed by atoms with E-state index >= 15 is 0 Å². The highest BCUT2D eigenvalue weighted by Crippen LogP contribution is 2.15. The van der Waals surface area contributed by atoms with Crippen molar-refractivity contribution in [1.82, 2.24) is 10.2 Å². The molecule has 1 amide bonds. The van der Waals surface area contributed by atoms with Crippen molar-refractivity contribution in [2.24, 2.45) is 5.92 Å². The van der Waals surface area contributed by atoms with Crippen LogP contribution in [0.2, 0.25) is 5.02 Å². The number of piperidine rings is 1. The summed E-state index contributed by atoms with van der Waals surface area (Å²) >= 11 is 5.92. The van der Waals surface area contributed by atoms with Gasteiger partial charge in [-0.05, 0) is 56.0 Å². The highest BCUT2D eigenvalue weighted by atomic mass is 35.5. The number of likely N-dealkylation sites (tertiary alicyclic amines) is 1. The summed E-state index contributed by atoms with van der Waals surface area (Å²) in [5.74, 6) is 0.889. The summed E-state index contributed by atoms with van der Waals surface area (Å²) in [5, 5.41) is 3.67. The van der Waals surface area contributed by atoms with E-state index < -0.39 is 0 Å².